The molecule has 1 aliphatic rings. The molecule has 1 aromatic rings. The van der Waals surface area contributed by atoms with Gasteiger partial charge in [-0.25, -0.2) is 12.8 Å². The Hall–Kier alpha value is -1.51. The van der Waals surface area contributed by atoms with Gasteiger partial charge in [0.1, 0.15) is 10.7 Å². The van der Waals surface area contributed by atoms with Crippen LogP contribution >= 0.6 is 0 Å². The molecular formula is C13H18FN3O3S. The molecule has 0 radical (unpaired) electrons. The third-order valence-electron chi connectivity index (χ3n) is 3.26. The highest BCUT2D eigenvalue weighted by molar-refractivity contribution is 7.89. The molecule has 1 amide bonds. The summed E-state index contributed by atoms with van der Waals surface area (Å²) < 4.78 is 40.0. The Morgan fingerprint density at radius 2 is 1.95 bits per heavy atom. The minimum absolute atomic E-state index is 0.309. The largest absolute Gasteiger partial charge is 0.339 e. The highest BCUT2D eigenvalue weighted by Gasteiger charge is 2.27. The second-order valence-electron chi connectivity index (χ2n) is 4.85. The molecule has 6 nitrogen and oxygen atoms in total. The van der Waals surface area contributed by atoms with Crippen LogP contribution in [0, 0.1) is 5.82 Å². The summed E-state index contributed by atoms with van der Waals surface area (Å²) in [6, 6.07) is 4.13. The highest BCUT2D eigenvalue weighted by atomic mass is 32.2. The van der Waals surface area contributed by atoms with Gasteiger partial charge in [-0.2, -0.15) is 4.72 Å². The first-order valence-corrected chi connectivity index (χ1v) is 8.16. The van der Waals surface area contributed by atoms with Crippen molar-refractivity contribution in [2.24, 2.45) is 0 Å². The molecule has 1 atom stereocenters. The Labute approximate surface area is 123 Å². The van der Waals surface area contributed by atoms with E-state index in [0.717, 1.165) is 6.07 Å². The number of benzene rings is 1. The van der Waals surface area contributed by atoms with E-state index in [1.807, 2.05) is 0 Å². The number of carbonyl (C=O) groups is 1. The summed E-state index contributed by atoms with van der Waals surface area (Å²) in [6.45, 7) is 3.88. The summed E-state index contributed by atoms with van der Waals surface area (Å²) in [5.74, 6) is -1.15. The Kier molecular flexibility index (Phi) is 4.92. The summed E-state index contributed by atoms with van der Waals surface area (Å²) in [4.78, 5) is 13.3. The molecule has 116 valence electrons. The summed E-state index contributed by atoms with van der Waals surface area (Å²) in [5.41, 5.74) is 0. The number of hydrogen-bond donors (Lipinski definition) is 2. The molecule has 1 fully saturated rings. The van der Waals surface area contributed by atoms with Gasteiger partial charge in [0.05, 0.1) is 6.04 Å². The number of nitrogens with zero attached hydrogens (tertiary/aromatic N) is 1. The van der Waals surface area contributed by atoms with Gasteiger partial charge in [0.15, 0.2) is 0 Å². The minimum Gasteiger partial charge on any atom is -0.339 e. The number of piperazine rings is 1. The maximum atomic E-state index is 13.6. The van der Waals surface area contributed by atoms with Gasteiger partial charge in [0.2, 0.25) is 15.9 Å². The predicted octanol–water partition coefficient (Wildman–Crippen LogP) is -0.0757. The third kappa shape index (κ3) is 3.78. The zero-order valence-corrected chi connectivity index (χ0v) is 12.5. The Bertz CT molecular complexity index is 615. The molecule has 1 aliphatic heterocycles. The van der Waals surface area contributed by atoms with Gasteiger partial charge in [-0.1, -0.05) is 12.1 Å². The van der Waals surface area contributed by atoms with E-state index in [9.17, 15) is 17.6 Å². The molecule has 0 aliphatic carbocycles. The molecule has 1 heterocycles. The van der Waals surface area contributed by atoms with E-state index in [-0.39, 0.29) is 5.91 Å². The second-order valence-corrected chi connectivity index (χ2v) is 6.53. The molecule has 1 aromatic carbocycles. The quantitative estimate of drug-likeness (QED) is 0.815. The molecule has 21 heavy (non-hydrogen) atoms. The first kappa shape index (κ1) is 15.9. The van der Waals surface area contributed by atoms with Crippen molar-refractivity contribution in [1.82, 2.24) is 14.9 Å². The fourth-order valence-corrected chi connectivity index (χ4v) is 3.44. The SMILES string of the molecule is CC(NS(=O)(=O)c1ccccc1F)C(=O)N1CCNCC1. The molecule has 0 spiro atoms. The lowest BCUT2D eigenvalue weighted by Crippen LogP contribution is -2.53. The molecule has 1 saturated heterocycles. The summed E-state index contributed by atoms with van der Waals surface area (Å²) in [5, 5.41) is 3.11. The molecule has 2 rings (SSSR count). The highest BCUT2D eigenvalue weighted by Crippen LogP contribution is 2.14. The van der Waals surface area contributed by atoms with Crippen LogP contribution in [0.5, 0.6) is 0 Å². The van der Waals surface area contributed by atoms with Crippen LogP contribution < -0.4 is 10.0 Å². The molecule has 1 unspecified atom stereocenters. The van der Waals surface area contributed by atoms with Crippen molar-refractivity contribution < 1.29 is 17.6 Å². The van der Waals surface area contributed by atoms with Crippen LogP contribution in [0.1, 0.15) is 6.92 Å². The van der Waals surface area contributed by atoms with Crippen molar-refractivity contribution in [3.05, 3.63) is 30.1 Å². The average molecular weight is 315 g/mol. The monoisotopic (exact) mass is 315 g/mol. The maximum Gasteiger partial charge on any atom is 0.244 e. The van der Waals surface area contributed by atoms with E-state index in [1.54, 1.807) is 4.90 Å². The van der Waals surface area contributed by atoms with E-state index in [2.05, 4.69) is 10.0 Å². The Morgan fingerprint density at radius 1 is 1.33 bits per heavy atom. The minimum atomic E-state index is -4.06. The van der Waals surface area contributed by atoms with Crippen molar-refractivity contribution in [2.75, 3.05) is 26.2 Å². The van der Waals surface area contributed by atoms with Gasteiger partial charge in [-0.05, 0) is 19.1 Å². The number of nitrogens with one attached hydrogen (secondary N) is 2. The molecule has 0 bridgehead atoms. The first-order valence-electron chi connectivity index (χ1n) is 6.68. The number of sulfonamides is 1. The molecular weight excluding hydrogens is 297 g/mol. The standard InChI is InChI=1S/C13H18FN3O3S/c1-10(13(18)17-8-6-15-7-9-17)16-21(19,20)12-5-3-2-4-11(12)14/h2-5,10,15-16H,6-9H2,1H3. The zero-order valence-electron chi connectivity index (χ0n) is 11.7. The van der Waals surface area contributed by atoms with Crippen LogP contribution in [0.4, 0.5) is 4.39 Å². The van der Waals surface area contributed by atoms with Crippen molar-refractivity contribution in [3.8, 4) is 0 Å². The maximum absolute atomic E-state index is 13.6. The van der Waals surface area contributed by atoms with Crippen LogP contribution in [0.25, 0.3) is 0 Å². The fraction of sp³-hybridized carbons (Fsp3) is 0.462. The van der Waals surface area contributed by atoms with Crippen LogP contribution in [0.3, 0.4) is 0 Å². The van der Waals surface area contributed by atoms with E-state index in [1.165, 1.54) is 25.1 Å². The molecule has 2 N–H and O–H groups in total. The van der Waals surface area contributed by atoms with E-state index >= 15 is 0 Å². The number of amides is 1. The number of rotatable bonds is 4. The van der Waals surface area contributed by atoms with Crippen LogP contribution in [-0.2, 0) is 14.8 Å². The van der Waals surface area contributed by atoms with Gasteiger partial charge in [-0.15, -0.1) is 0 Å². The zero-order chi connectivity index (χ0) is 15.5. The second kappa shape index (κ2) is 6.50. The molecule has 0 saturated carbocycles. The lowest BCUT2D eigenvalue weighted by Gasteiger charge is -2.29. The lowest BCUT2D eigenvalue weighted by atomic mass is 10.2. The van der Waals surface area contributed by atoms with Crippen LogP contribution in [0.2, 0.25) is 0 Å². The van der Waals surface area contributed by atoms with E-state index in [4.69, 9.17) is 0 Å². The van der Waals surface area contributed by atoms with Gasteiger partial charge in [-0.3, -0.25) is 4.79 Å². The van der Waals surface area contributed by atoms with Gasteiger partial charge in [0, 0.05) is 26.2 Å². The third-order valence-corrected chi connectivity index (χ3v) is 4.83. The summed E-state index contributed by atoms with van der Waals surface area (Å²) in [7, 11) is -4.06. The van der Waals surface area contributed by atoms with Crippen molar-refractivity contribution in [3.63, 3.8) is 0 Å². The number of carbonyl (C=O) groups excluding carboxylic acids is 1. The van der Waals surface area contributed by atoms with Crippen LogP contribution in [-0.4, -0.2) is 51.4 Å². The van der Waals surface area contributed by atoms with Crippen molar-refractivity contribution in [1.29, 1.82) is 0 Å². The fourth-order valence-electron chi connectivity index (χ4n) is 2.17. The summed E-state index contributed by atoms with van der Waals surface area (Å²) in [6.07, 6.45) is 0. The number of hydrogen-bond acceptors (Lipinski definition) is 4. The Morgan fingerprint density at radius 3 is 2.57 bits per heavy atom. The van der Waals surface area contributed by atoms with E-state index < -0.39 is 26.8 Å². The average Bonchev–Trinajstić information content (AvgIpc) is 2.47. The van der Waals surface area contributed by atoms with E-state index in [0.29, 0.717) is 26.2 Å². The van der Waals surface area contributed by atoms with Crippen molar-refractivity contribution in [2.45, 2.75) is 17.9 Å². The van der Waals surface area contributed by atoms with Crippen molar-refractivity contribution >= 4 is 15.9 Å². The van der Waals surface area contributed by atoms with Gasteiger partial charge in [0.25, 0.3) is 0 Å². The topological polar surface area (TPSA) is 78.5 Å². The molecule has 0 aromatic heterocycles. The first-order chi connectivity index (χ1) is 9.92. The molecule has 8 heteroatoms. The predicted molar refractivity (Wildman–Crippen MR) is 75.6 cm³/mol. The van der Waals surface area contributed by atoms with Gasteiger partial charge >= 0.3 is 0 Å². The normalized spacial score (nSPS) is 17.5. The van der Waals surface area contributed by atoms with Crippen LogP contribution in [0.15, 0.2) is 29.2 Å². The Balaban J connectivity index is 2.09. The smallest absolute Gasteiger partial charge is 0.244 e. The van der Waals surface area contributed by atoms with Gasteiger partial charge < -0.3 is 10.2 Å². The lowest BCUT2D eigenvalue weighted by molar-refractivity contribution is -0.133. The summed E-state index contributed by atoms with van der Waals surface area (Å²) >= 11 is 0. The number of halogens is 1.